The number of hydrogen-bond acceptors (Lipinski definition) is 6. The van der Waals surface area contributed by atoms with Gasteiger partial charge in [-0.2, -0.15) is 31.6 Å². The van der Waals surface area contributed by atoms with Gasteiger partial charge in [0.15, 0.2) is 0 Å². The zero-order chi connectivity index (χ0) is 18.8. The summed E-state index contributed by atoms with van der Waals surface area (Å²) >= 11 is 0. The van der Waals surface area contributed by atoms with Gasteiger partial charge < -0.3 is 0 Å². The minimum Gasteiger partial charge on any atom is -0.192 e. The molecule has 0 aliphatic rings. The van der Waals surface area contributed by atoms with Crippen LogP contribution in [0.4, 0.5) is 0 Å². The SMILES string of the molecule is N#Cc1c(C#N)c(C#N)c2c(C#N)c3c(C#N)cccc3cc2c1C#N. The van der Waals surface area contributed by atoms with Gasteiger partial charge >= 0.3 is 0 Å². The summed E-state index contributed by atoms with van der Waals surface area (Å²) in [6, 6.07) is 17.8. The lowest BCUT2D eigenvalue weighted by Crippen LogP contribution is -2.00. The largest absolute Gasteiger partial charge is 0.192 e. The van der Waals surface area contributed by atoms with E-state index in [2.05, 4.69) is 0 Å². The van der Waals surface area contributed by atoms with Crippen LogP contribution in [-0.4, -0.2) is 0 Å². The molecule has 0 amide bonds. The summed E-state index contributed by atoms with van der Waals surface area (Å²) in [7, 11) is 0. The molecule has 0 spiro atoms. The van der Waals surface area contributed by atoms with Gasteiger partial charge in [0.05, 0.1) is 39.4 Å². The zero-order valence-corrected chi connectivity index (χ0v) is 13.0. The molecule has 26 heavy (non-hydrogen) atoms. The molecule has 0 radical (unpaired) electrons. The summed E-state index contributed by atoms with van der Waals surface area (Å²) in [5, 5.41) is 58.2. The van der Waals surface area contributed by atoms with E-state index in [0.29, 0.717) is 10.8 Å². The third-order valence-electron chi connectivity index (χ3n) is 4.11. The molecule has 0 aliphatic heterocycles. The first-order valence-corrected chi connectivity index (χ1v) is 7.16. The van der Waals surface area contributed by atoms with E-state index in [4.69, 9.17) is 0 Å². The fourth-order valence-electron chi connectivity index (χ4n) is 3.08. The number of nitrogens with zero attached hydrogens (tertiary/aromatic N) is 6. The van der Waals surface area contributed by atoms with Crippen LogP contribution in [0.3, 0.4) is 0 Å². The molecular weight excluding hydrogens is 324 g/mol. The van der Waals surface area contributed by atoms with Gasteiger partial charge in [0.1, 0.15) is 30.3 Å². The van der Waals surface area contributed by atoms with Crippen LogP contribution in [0, 0.1) is 68.0 Å². The van der Waals surface area contributed by atoms with E-state index < -0.39 is 0 Å². The molecule has 3 aromatic rings. The van der Waals surface area contributed by atoms with Crippen molar-refractivity contribution in [2.24, 2.45) is 0 Å². The van der Waals surface area contributed by atoms with Crippen LogP contribution in [0.15, 0.2) is 24.3 Å². The minimum absolute atomic E-state index is 0.0312. The molecule has 0 atom stereocenters. The van der Waals surface area contributed by atoms with E-state index in [1.54, 1.807) is 30.3 Å². The number of hydrogen-bond donors (Lipinski definition) is 0. The average Bonchev–Trinajstić information content (AvgIpc) is 2.69. The fourth-order valence-corrected chi connectivity index (χ4v) is 3.08. The van der Waals surface area contributed by atoms with Gasteiger partial charge in [-0.15, -0.1) is 0 Å². The Labute approximate surface area is 147 Å². The molecule has 0 fully saturated rings. The van der Waals surface area contributed by atoms with Crippen LogP contribution in [0.5, 0.6) is 0 Å². The molecule has 0 aromatic heterocycles. The van der Waals surface area contributed by atoms with Crippen molar-refractivity contribution in [2.75, 3.05) is 0 Å². The van der Waals surface area contributed by atoms with E-state index in [9.17, 15) is 31.6 Å². The van der Waals surface area contributed by atoms with Crippen LogP contribution in [0.25, 0.3) is 21.5 Å². The van der Waals surface area contributed by atoms with Crippen LogP contribution < -0.4 is 0 Å². The maximum Gasteiger partial charge on any atom is 0.102 e. The Balaban J connectivity index is 2.86. The van der Waals surface area contributed by atoms with Gasteiger partial charge in [0.2, 0.25) is 0 Å². The summed E-state index contributed by atoms with van der Waals surface area (Å²) in [4.78, 5) is 0. The zero-order valence-electron chi connectivity index (χ0n) is 13.0. The Morgan fingerprint density at radius 2 is 1.12 bits per heavy atom. The number of benzene rings is 3. The molecule has 0 unspecified atom stereocenters. The molecule has 0 saturated carbocycles. The Morgan fingerprint density at radius 3 is 1.65 bits per heavy atom. The monoisotopic (exact) mass is 328 g/mol. The van der Waals surface area contributed by atoms with Crippen molar-refractivity contribution in [3.63, 3.8) is 0 Å². The summed E-state index contributed by atoms with van der Waals surface area (Å²) < 4.78 is 0. The molecule has 0 aliphatic carbocycles. The third-order valence-corrected chi connectivity index (χ3v) is 4.11. The number of fused-ring (bicyclic) bond motifs is 2. The summed E-state index contributed by atoms with van der Waals surface area (Å²) in [6.07, 6.45) is 0. The average molecular weight is 328 g/mol. The molecule has 0 heterocycles. The van der Waals surface area contributed by atoms with E-state index >= 15 is 0 Å². The first kappa shape index (κ1) is 16.0. The maximum absolute atomic E-state index is 9.73. The maximum atomic E-state index is 9.73. The Morgan fingerprint density at radius 1 is 0.538 bits per heavy atom. The van der Waals surface area contributed by atoms with Gasteiger partial charge in [-0.3, -0.25) is 0 Å². The minimum atomic E-state index is -0.246. The van der Waals surface area contributed by atoms with E-state index in [-0.39, 0.29) is 44.2 Å². The van der Waals surface area contributed by atoms with E-state index in [1.165, 1.54) is 0 Å². The molecule has 0 bridgehead atoms. The normalized spacial score (nSPS) is 9.31. The van der Waals surface area contributed by atoms with Crippen LogP contribution >= 0.6 is 0 Å². The highest BCUT2D eigenvalue weighted by atomic mass is 14.4. The van der Waals surface area contributed by atoms with Gasteiger partial charge in [-0.25, -0.2) is 0 Å². The smallest absolute Gasteiger partial charge is 0.102 e. The number of nitriles is 6. The Bertz CT molecular complexity index is 1390. The molecule has 6 heteroatoms. The summed E-state index contributed by atoms with van der Waals surface area (Å²) in [5.41, 5.74) is -0.388. The van der Waals surface area contributed by atoms with Crippen LogP contribution in [-0.2, 0) is 0 Å². The first-order valence-electron chi connectivity index (χ1n) is 7.16. The summed E-state index contributed by atoms with van der Waals surface area (Å²) in [6.45, 7) is 0. The van der Waals surface area contributed by atoms with Crippen molar-refractivity contribution in [2.45, 2.75) is 0 Å². The predicted molar refractivity (Wildman–Crippen MR) is 89.7 cm³/mol. The van der Waals surface area contributed by atoms with Crippen molar-refractivity contribution < 1.29 is 0 Å². The highest BCUT2D eigenvalue weighted by molar-refractivity contribution is 6.11. The van der Waals surface area contributed by atoms with Crippen molar-refractivity contribution in [3.8, 4) is 36.4 Å². The highest BCUT2D eigenvalue weighted by Gasteiger charge is 2.24. The highest BCUT2D eigenvalue weighted by Crippen LogP contribution is 2.37. The lowest BCUT2D eigenvalue weighted by Gasteiger charge is -2.12. The van der Waals surface area contributed by atoms with E-state index in [0.717, 1.165) is 0 Å². The molecule has 3 aromatic carbocycles. The molecule has 114 valence electrons. The number of rotatable bonds is 0. The van der Waals surface area contributed by atoms with Crippen LogP contribution in [0.2, 0.25) is 0 Å². The third kappa shape index (κ3) is 1.92. The van der Waals surface area contributed by atoms with Crippen molar-refractivity contribution in [1.29, 1.82) is 31.6 Å². The fraction of sp³-hybridized carbons (Fsp3) is 0. The summed E-state index contributed by atoms with van der Waals surface area (Å²) in [5.74, 6) is 0. The van der Waals surface area contributed by atoms with Gasteiger partial charge in [-0.05, 0) is 17.5 Å². The molecule has 6 nitrogen and oxygen atoms in total. The predicted octanol–water partition coefficient (Wildman–Crippen LogP) is 3.22. The van der Waals surface area contributed by atoms with Gasteiger partial charge in [0.25, 0.3) is 0 Å². The standard InChI is InChI=1S/C20H4N6/c21-5-12-3-1-2-11-4-13-14(6-22)15(7-23)16(8-24)17(9-25)20(13)18(10-26)19(11)12/h1-4H. The van der Waals surface area contributed by atoms with Gasteiger partial charge in [0, 0.05) is 16.2 Å². The van der Waals surface area contributed by atoms with Crippen molar-refractivity contribution in [3.05, 3.63) is 57.6 Å². The van der Waals surface area contributed by atoms with Crippen molar-refractivity contribution in [1.82, 2.24) is 0 Å². The van der Waals surface area contributed by atoms with E-state index in [1.807, 2.05) is 30.3 Å². The first-order chi connectivity index (χ1) is 12.7. The topological polar surface area (TPSA) is 143 Å². The van der Waals surface area contributed by atoms with Gasteiger partial charge in [-0.1, -0.05) is 12.1 Å². The second kappa shape index (κ2) is 5.96. The molecule has 0 N–H and O–H groups in total. The Kier molecular flexibility index (Phi) is 3.67. The second-order valence-corrected chi connectivity index (χ2v) is 5.25. The second-order valence-electron chi connectivity index (χ2n) is 5.25. The lowest BCUT2D eigenvalue weighted by molar-refractivity contribution is 1.39. The lowest BCUT2D eigenvalue weighted by atomic mass is 9.85. The van der Waals surface area contributed by atoms with Crippen molar-refractivity contribution >= 4 is 21.5 Å². The Hall–Kier alpha value is -4.88. The molecular formula is C20H4N6. The molecule has 3 rings (SSSR count). The van der Waals surface area contributed by atoms with Crippen LogP contribution in [0.1, 0.15) is 33.4 Å². The molecule has 0 saturated heterocycles. The quantitative estimate of drug-likeness (QED) is 0.579.